The Balaban J connectivity index is 1.78. The zero-order chi connectivity index (χ0) is 19.5. The fourth-order valence-electron chi connectivity index (χ4n) is 3.13. The predicted octanol–water partition coefficient (Wildman–Crippen LogP) is 5.63. The van der Waals surface area contributed by atoms with Crippen molar-refractivity contribution in [3.05, 3.63) is 97.8 Å². The Morgan fingerprint density at radius 2 is 1.82 bits per heavy atom. The van der Waals surface area contributed by atoms with Crippen molar-refractivity contribution in [2.45, 2.75) is 18.5 Å². The molecule has 5 heteroatoms. The summed E-state index contributed by atoms with van der Waals surface area (Å²) in [5.41, 5.74) is 4.00. The lowest BCUT2D eigenvalue weighted by Crippen LogP contribution is -2.22. The molecule has 140 valence electrons. The number of fused-ring (bicyclic) bond motifs is 1. The third kappa shape index (κ3) is 4.15. The lowest BCUT2D eigenvalue weighted by atomic mass is 10.2. The molecule has 0 aliphatic carbocycles. The molecule has 3 nitrogen and oxygen atoms in total. The van der Waals surface area contributed by atoms with Crippen LogP contribution >= 0.6 is 34.4 Å². The smallest absolute Gasteiger partial charge is 0.266 e. The number of rotatable bonds is 5. The van der Waals surface area contributed by atoms with E-state index in [2.05, 4.69) is 46.9 Å². The highest BCUT2D eigenvalue weighted by molar-refractivity contribution is 14.1. The first kappa shape index (κ1) is 19.2. The molecule has 1 aromatic heterocycles. The highest BCUT2D eigenvalue weighted by atomic mass is 127. The maximum atomic E-state index is 13.4. The average Bonchev–Trinajstić information content (AvgIpc) is 2.69. The molecule has 0 saturated heterocycles. The van der Waals surface area contributed by atoms with Crippen molar-refractivity contribution in [1.29, 1.82) is 0 Å². The largest absolute Gasteiger partial charge is 0.268 e. The van der Waals surface area contributed by atoms with Gasteiger partial charge in [0.15, 0.2) is 5.16 Å². The van der Waals surface area contributed by atoms with E-state index in [-0.39, 0.29) is 5.56 Å². The Morgan fingerprint density at radius 1 is 1.00 bits per heavy atom. The van der Waals surface area contributed by atoms with E-state index in [0.29, 0.717) is 5.39 Å². The molecule has 0 aliphatic heterocycles. The Morgan fingerprint density at radius 3 is 2.61 bits per heavy atom. The first-order valence-electron chi connectivity index (χ1n) is 9.08. The van der Waals surface area contributed by atoms with Gasteiger partial charge in [-0.2, -0.15) is 0 Å². The maximum Gasteiger partial charge on any atom is 0.266 e. The molecule has 4 aromatic rings. The van der Waals surface area contributed by atoms with Crippen LogP contribution in [0.25, 0.3) is 16.6 Å². The van der Waals surface area contributed by atoms with Crippen LogP contribution in [0.1, 0.15) is 11.1 Å². The number of thioether (sulfide) groups is 1. The van der Waals surface area contributed by atoms with Crippen LogP contribution in [0.2, 0.25) is 0 Å². The van der Waals surface area contributed by atoms with E-state index in [1.165, 1.54) is 5.56 Å². The Bertz CT molecular complexity index is 1190. The topological polar surface area (TPSA) is 34.9 Å². The number of hydrogen-bond donors (Lipinski definition) is 0. The highest BCUT2D eigenvalue weighted by Gasteiger charge is 2.14. The second-order valence-corrected chi connectivity index (χ2v) is 8.93. The summed E-state index contributed by atoms with van der Waals surface area (Å²) in [6.07, 6.45) is 0.930. The molecule has 1 heterocycles. The van der Waals surface area contributed by atoms with Crippen LogP contribution in [0.4, 0.5) is 0 Å². The third-order valence-corrected chi connectivity index (χ3v) is 6.14. The quantitative estimate of drug-likeness (QED) is 0.203. The second-order valence-electron chi connectivity index (χ2n) is 6.62. The Labute approximate surface area is 182 Å². The number of aromatic nitrogens is 2. The average molecular weight is 498 g/mol. The van der Waals surface area contributed by atoms with Gasteiger partial charge in [-0.05, 0) is 77.4 Å². The molecular weight excluding hydrogens is 479 g/mol. The molecule has 0 aliphatic rings. The van der Waals surface area contributed by atoms with Gasteiger partial charge in [0.1, 0.15) is 0 Å². The van der Waals surface area contributed by atoms with Gasteiger partial charge in [0.25, 0.3) is 5.56 Å². The summed E-state index contributed by atoms with van der Waals surface area (Å²) in [7, 11) is 0. The van der Waals surface area contributed by atoms with E-state index in [1.807, 2.05) is 55.5 Å². The first-order chi connectivity index (χ1) is 13.6. The lowest BCUT2D eigenvalue weighted by Gasteiger charge is -2.14. The Hall–Kier alpha value is -2.12. The molecule has 0 atom stereocenters. The van der Waals surface area contributed by atoms with Crippen molar-refractivity contribution < 1.29 is 0 Å². The first-order valence-corrected chi connectivity index (χ1v) is 11.1. The molecule has 0 saturated carbocycles. The van der Waals surface area contributed by atoms with E-state index in [0.717, 1.165) is 37.7 Å². The van der Waals surface area contributed by atoms with Crippen molar-refractivity contribution >= 4 is 45.3 Å². The second kappa shape index (κ2) is 8.49. The summed E-state index contributed by atoms with van der Waals surface area (Å²) >= 11 is 3.86. The molecule has 0 N–H and O–H groups in total. The van der Waals surface area contributed by atoms with Crippen molar-refractivity contribution in [2.75, 3.05) is 5.75 Å². The number of aryl methyl sites for hydroxylation is 2. The minimum absolute atomic E-state index is 0.0173. The Kier molecular flexibility index (Phi) is 5.82. The third-order valence-electron chi connectivity index (χ3n) is 4.52. The van der Waals surface area contributed by atoms with Gasteiger partial charge in [-0.25, -0.2) is 4.98 Å². The van der Waals surface area contributed by atoms with E-state index < -0.39 is 0 Å². The van der Waals surface area contributed by atoms with E-state index >= 15 is 0 Å². The van der Waals surface area contributed by atoms with Crippen LogP contribution in [0.3, 0.4) is 0 Å². The minimum atomic E-state index is -0.0173. The van der Waals surface area contributed by atoms with E-state index in [9.17, 15) is 4.79 Å². The summed E-state index contributed by atoms with van der Waals surface area (Å²) in [5, 5.41) is 1.39. The monoisotopic (exact) mass is 498 g/mol. The molecule has 0 amide bonds. The van der Waals surface area contributed by atoms with Crippen LogP contribution in [0, 0.1) is 10.5 Å². The van der Waals surface area contributed by atoms with Crippen LogP contribution in [-0.4, -0.2) is 15.3 Å². The molecule has 0 bridgehead atoms. The summed E-state index contributed by atoms with van der Waals surface area (Å²) in [4.78, 5) is 18.2. The van der Waals surface area contributed by atoms with Crippen LogP contribution in [0.5, 0.6) is 0 Å². The standard InChI is InChI=1S/C23H19IN2OS/c1-16-6-5-9-19(14-16)26-22(27)20-15-18(24)10-11-21(20)25-23(26)28-13-12-17-7-3-2-4-8-17/h2-11,14-15H,12-13H2,1H3. The zero-order valence-corrected chi connectivity index (χ0v) is 18.4. The molecular formula is C23H19IN2OS. The van der Waals surface area contributed by atoms with Crippen molar-refractivity contribution in [2.24, 2.45) is 0 Å². The molecule has 0 radical (unpaired) electrons. The van der Waals surface area contributed by atoms with Gasteiger partial charge in [0.2, 0.25) is 0 Å². The normalized spacial score (nSPS) is 11.1. The van der Waals surface area contributed by atoms with Crippen molar-refractivity contribution in [3.8, 4) is 5.69 Å². The minimum Gasteiger partial charge on any atom is -0.268 e. The summed E-state index contributed by atoms with van der Waals surface area (Å²) in [5.74, 6) is 0.859. The molecule has 3 aromatic carbocycles. The highest BCUT2D eigenvalue weighted by Crippen LogP contribution is 2.23. The molecule has 4 rings (SSSR count). The number of nitrogens with zero attached hydrogens (tertiary/aromatic N) is 2. The van der Waals surface area contributed by atoms with Crippen molar-refractivity contribution in [3.63, 3.8) is 0 Å². The number of hydrogen-bond acceptors (Lipinski definition) is 3. The van der Waals surface area contributed by atoms with Gasteiger partial charge in [0, 0.05) is 9.32 Å². The zero-order valence-electron chi connectivity index (χ0n) is 15.4. The van der Waals surface area contributed by atoms with Gasteiger partial charge in [-0.15, -0.1) is 0 Å². The fraction of sp³-hybridized carbons (Fsp3) is 0.130. The van der Waals surface area contributed by atoms with Crippen molar-refractivity contribution in [1.82, 2.24) is 9.55 Å². The lowest BCUT2D eigenvalue weighted by molar-refractivity contribution is 0.818. The van der Waals surface area contributed by atoms with Crippen LogP contribution in [0.15, 0.2) is 82.7 Å². The van der Waals surface area contributed by atoms with E-state index in [1.54, 1.807) is 16.3 Å². The number of benzene rings is 3. The molecule has 0 fully saturated rings. The fourth-order valence-corrected chi connectivity index (χ4v) is 4.63. The molecule has 28 heavy (non-hydrogen) atoms. The maximum absolute atomic E-state index is 13.4. The summed E-state index contributed by atoms with van der Waals surface area (Å²) in [6, 6.07) is 24.2. The van der Waals surface area contributed by atoms with Gasteiger partial charge in [-0.1, -0.05) is 54.2 Å². The summed E-state index contributed by atoms with van der Waals surface area (Å²) in [6.45, 7) is 2.04. The van der Waals surface area contributed by atoms with E-state index in [4.69, 9.17) is 4.98 Å². The van der Waals surface area contributed by atoms with Gasteiger partial charge in [0.05, 0.1) is 16.6 Å². The molecule has 0 spiro atoms. The van der Waals surface area contributed by atoms with Gasteiger partial charge in [-0.3, -0.25) is 9.36 Å². The number of halogens is 1. The van der Waals surface area contributed by atoms with Crippen LogP contribution < -0.4 is 5.56 Å². The predicted molar refractivity (Wildman–Crippen MR) is 126 cm³/mol. The summed E-state index contributed by atoms with van der Waals surface area (Å²) < 4.78 is 2.78. The SMILES string of the molecule is Cc1cccc(-n2c(SCCc3ccccc3)nc3ccc(I)cc3c2=O)c1. The van der Waals surface area contributed by atoms with Gasteiger partial charge >= 0.3 is 0 Å². The molecule has 0 unspecified atom stereocenters. The van der Waals surface area contributed by atoms with Gasteiger partial charge < -0.3 is 0 Å². The van der Waals surface area contributed by atoms with Crippen LogP contribution in [-0.2, 0) is 6.42 Å².